The molecule has 4 atom stereocenters. The number of hydrogen-bond donors (Lipinski definition) is 1. The van der Waals surface area contributed by atoms with Gasteiger partial charge in [0.1, 0.15) is 5.82 Å². The highest BCUT2D eigenvalue weighted by Gasteiger charge is 2.56. The molecule has 1 N–H and O–H groups in total. The zero-order valence-electron chi connectivity index (χ0n) is 20.0. The minimum atomic E-state index is -3.67. The monoisotopic (exact) mass is 542 g/mol. The molecule has 0 fully saturated rings. The van der Waals surface area contributed by atoms with Gasteiger partial charge < -0.3 is 4.74 Å². The van der Waals surface area contributed by atoms with Crippen LogP contribution in [-0.4, -0.2) is 42.3 Å². The molecular formula is C26H31Cl2FNO4S+. The number of allylic oxidation sites excluding steroid dienone is 1. The van der Waals surface area contributed by atoms with E-state index in [4.69, 9.17) is 32.5 Å². The van der Waals surface area contributed by atoms with Crippen LogP contribution in [0.1, 0.15) is 56.2 Å². The molecule has 0 bridgehead atoms. The Labute approximate surface area is 217 Å². The quantitative estimate of drug-likeness (QED) is 0.260. The average Bonchev–Trinajstić information content (AvgIpc) is 3.18. The van der Waals surface area contributed by atoms with Crippen molar-refractivity contribution < 1.29 is 26.7 Å². The molecule has 0 aliphatic carbocycles. The molecule has 0 unspecified atom stereocenters. The highest BCUT2D eigenvalue weighted by Crippen LogP contribution is 2.51. The number of benzene rings is 2. The predicted molar refractivity (Wildman–Crippen MR) is 139 cm³/mol. The number of ether oxygens (including phenoxy) is 1. The largest absolute Gasteiger partial charge is 0.441 e. The van der Waals surface area contributed by atoms with E-state index in [0.29, 0.717) is 22.9 Å². The van der Waals surface area contributed by atoms with Crippen molar-refractivity contribution >= 4 is 39.2 Å². The maximum atomic E-state index is 14.4. The summed E-state index contributed by atoms with van der Waals surface area (Å²) in [5, 5.41) is 1.12. The Hall–Kier alpha value is -1.93. The second-order valence-corrected chi connectivity index (χ2v) is 11.7. The molecule has 9 heteroatoms. The van der Waals surface area contributed by atoms with Crippen LogP contribution in [0.4, 0.5) is 4.39 Å². The van der Waals surface area contributed by atoms with Crippen molar-refractivity contribution in [3.63, 3.8) is 0 Å². The molecule has 0 saturated carbocycles. The summed E-state index contributed by atoms with van der Waals surface area (Å²) in [4.78, 5) is 0. The highest BCUT2D eigenvalue weighted by molar-refractivity contribution is 7.85. The smallest absolute Gasteiger partial charge is 0.343 e. The second kappa shape index (κ2) is 11.0. The molecule has 0 spiro atoms. The van der Waals surface area contributed by atoms with Crippen molar-refractivity contribution in [2.24, 2.45) is 5.41 Å². The highest BCUT2D eigenvalue weighted by atomic mass is 35.5. The fourth-order valence-electron chi connectivity index (χ4n) is 5.16. The molecule has 0 saturated heterocycles. The SMILES string of the molecule is C=CC[C@@]1(C)C[C@H](c2cc(F)cc(Cl)c2)[C@@H](c2ccc(Cl)cc2)[N+]2=C1OC[C@@H]2CC.CS(=O)(=O)O. The van der Waals surface area contributed by atoms with Gasteiger partial charge in [0, 0.05) is 22.0 Å². The van der Waals surface area contributed by atoms with Gasteiger partial charge in [-0.15, -0.1) is 6.58 Å². The molecule has 2 heterocycles. The maximum Gasteiger partial charge on any atom is 0.343 e. The molecule has 2 aliphatic rings. The van der Waals surface area contributed by atoms with Gasteiger partial charge in [-0.2, -0.15) is 13.0 Å². The summed E-state index contributed by atoms with van der Waals surface area (Å²) in [6, 6.07) is 13.1. The molecule has 0 radical (unpaired) electrons. The lowest BCUT2D eigenvalue weighted by molar-refractivity contribution is -0.610. The summed E-state index contributed by atoms with van der Waals surface area (Å²) >= 11 is 12.4. The van der Waals surface area contributed by atoms with Gasteiger partial charge >= 0.3 is 5.90 Å². The van der Waals surface area contributed by atoms with E-state index < -0.39 is 10.1 Å². The zero-order chi connectivity index (χ0) is 26.0. The van der Waals surface area contributed by atoms with E-state index in [9.17, 15) is 12.8 Å². The molecule has 190 valence electrons. The Morgan fingerprint density at radius 1 is 1.20 bits per heavy atom. The standard InChI is InChI=1S/C25H27Cl2FNO.CH4O3S/c1-4-10-25(3)14-22(17-11-19(27)13-20(28)12-17)23(16-6-8-18(26)9-7-16)29-21(5-2)15-30-24(25)29;1-5(2,3)4/h4,6-9,11-13,21-23H,1,5,10,14-15H2,2-3H3;1H3,(H,2,3,4)/q+1;/t21-,22+,23+,25-;/m0./s1. The summed E-state index contributed by atoms with van der Waals surface area (Å²) in [5.41, 5.74) is 1.85. The van der Waals surface area contributed by atoms with E-state index in [0.717, 1.165) is 36.3 Å². The van der Waals surface area contributed by atoms with Gasteiger partial charge in [0.2, 0.25) is 0 Å². The molecule has 0 aromatic heterocycles. The molecule has 5 nitrogen and oxygen atoms in total. The van der Waals surface area contributed by atoms with E-state index in [1.54, 1.807) is 6.07 Å². The van der Waals surface area contributed by atoms with E-state index in [1.807, 2.05) is 24.3 Å². The summed E-state index contributed by atoms with van der Waals surface area (Å²) in [6.07, 6.45) is 5.24. The fourth-order valence-corrected chi connectivity index (χ4v) is 5.52. The van der Waals surface area contributed by atoms with Crippen molar-refractivity contribution in [3.8, 4) is 0 Å². The maximum absolute atomic E-state index is 14.4. The van der Waals surface area contributed by atoms with Gasteiger partial charge in [0.15, 0.2) is 18.7 Å². The number of rotatable bonds is 5. The summed E-state index contributed by atoms with van der Waals surface area (Å²) in [7, 11) is -3.67. The van der Waals surface area contributed by atoms with Gasteiger partial charge in [-0.25, -0.2) is 4.39 Å². The molecule has 2 aliphatic heterocycles. The van der Waals surface area contributed by atoms with Gasteiger partial charge in [0.05, 0.1) is 17.6 Å². The molecule has 4 rings (SSSR count). The van der Waals surface area contributed by atoms with E-state index in [-0.39, 0.29) is 29.2 Å². The Kier molecular flexibility index (Phi) is 8.69. The van der Waals surface area contributed by atoms with E-state index in [1.165, 1.54) is 6.07 Å². The van der Waals surface area contributed by atoms with Crippen LogP contribution >= 0.6 is 23.2 Å². The minimum absolute atomic E-state index is 0.0143. The molecular weight excluding hydrogens is 512 g/mol. The van der Waals surface area contributed by atoms with Crippen molar-refractivity contribution in [1.82, 2.24) is 0 Å². The number of hydrogen-bond acceptors (Lipinski definition) is 3. The topological polar surface area (TPSA) is 66.6 Å². The van der Waals surface area contributed by atoms with Gasteiger partial charge in [-0.1, -0.05) is 48.3 Å². The Bertz CT molecular complexity index is 1190. The third-order valence-corrected chi connectivity index (χ3v) is 6.97. The lowest BCUT2D eigenvalue weighted by Gasteiger charge is -2.38. The molecule has 2 aromatic carbocycles. The van der Waals surface area contributed by atoms with Crippen molar-refractivity contribution in [2.45, 2.75) is 51.1 Å². The van der Waals surface area contributed by atoms with Crippen LogP contribution in [0.5, 0.6) is 0 Å². The van der Waals surface area contributed by atoms with Crippen LogP contribution < -0.4 is 0 Å². The number of halogens is 3. The van der Waals surface area contributed by atoms with Crippen LogP contribution in [0, 0.1) is 11.2 Å². The Morgan fingerprint density at radius 3 is 2.37 bits per heavy atom. The summed E-state index contributed by atoms with van der Waals surface area (Å²) in [5.74, 6) is 0.758. The van der Waals surface area contributed by atoms with Gasteiger partial charge in [-0.05, 0) is 55.7 Å². The van der Waals surface area contributed by atoms with Crippen molar-refractivity contribution in [1.29, 1.82) is 0 Å². The molecule has 0 amide bonds. The first-order chi connectivity index (χ1) is 16.4. The first-order valence-electron chi connectivity index (χ1n) is 11.4. The average molecular weight is 544 g/mol. The van der Waals surface area contributed by atoms with E-state index in [2.05, 4.69) is 37.1 Å². The Morgan fingerprint density at radius 2 is 1.83 bits per heavy atom. The normalized spacial score (nSPS) is 25.9. The third kappa shape index (κ3) is 6.64. The zero-order valence-corrected chi connectivity index (χ0v) is 22.4. The summed E-state index contributed by atoms with van der Waals surface area (Å²) in [6.45, 7) is 9.06. The fraction of sp³-hybridized carbons (Fsp3) is 0.423. The Balaban J connectivity index is 0.000000623. The van der Waals surface area contributed by atoms with Crippen LogP contribution in [0.2, 0.25) is 10.0 Å². The lowest BCUT2D eigenvalue weighted by atomic mass is 9.69. The second-order valence-electron chi connectivity index (χ2n) is 9.38. The van der Waals surface area contributed by atoms with Crippen LogP contribution in [0.15, 0.2) is 55.1 Å². The first kappa shape index (κ1) is 27.7. The van der Waals surface area contributed by atoms with Crippen molar-refractivity contribution in [3.05, 3.63) is 82.1 Å². The number of nitrogens with zero attached hydrogens (tertiary/aromatic N) is 1. The summed E-state index contributed by atoms with van der Waals surface area (Å²) < 4.78 is 49.0. The van der Waals surface area contributed by atoms with Crippen LogP contribution in [0.3, 0.4) is 0 Å². The lowest BCUT2D eigenvalue weighted by Crippen LogP contribution is -2.45. The molecule has 35 heavy (non-hydrogen) atoms. The van der Waals surface area contributed by atoms with Crippen LogP contribution in [-0.2, 0) is 14.9 Å². The van der Waals surface area contributed by atoms with Crippen molar-refractivity contribution in [2.75, 3.05) is 12.9 Å². The van der Waals surface area contributed by atoms with Crippen LogP contribution in [0.25, 0.3) is 0 Å². The van der Waals surface area contributed by atoms with E-state index >= 15 is 0 Å². The molecule has 2 aromatic rings. The third-order valence-electron chi connectivity index (χ3n) is 6.50. The first-order valence-corrected chi connectivity index (χ1v) is 14.0. The predicted octanol–water partition coefficient (Wildman–Crippen LogP) is 6.67. The van der Waals surface area contributed by atoms with Gasteiger partial charge in [0.25, 0.3) is 10.1 Å². The minimum Gasteiger partial charge on any atom is -0.441 e. The van der Waals surface area contributed by atoms with Gasteiger partial charge in [-0.3, -0.25) is 4.55 Å².